The first-order valence-electron chi connectivity index (χ1n) is 36.6. The highest BCUT2D eigenvalue weighted by Gasteiger charge is 2.60. The summed E-state index contributed by atoms with van der Waals surface area (Å²) < 4.78 is 58.5. The van der Waals surface area contributed by atoms with E-state index in [1.54, 1.807) is 0 Å². The van der Waals surface area contributed by atoms with Gasteiger partial charge in [0.05, 0.1) is 19.6 Å². The SMILES string of the molecule is CCCCCCCCCCCCCCCCCC[n+]1ccn2c1P2(=O)CC.CCCCCCCCCCCCCCCCCC[n+]1ccn2c1P2(=O)CC.CCCCCCCCCCCCCCCCCC[n+]1ccn2c1P2(=O)CC.O=P([O-])([O-])[O-]. The molecule has 3 atom stereocenters. The first-order valence-corrected chi connectivity index (χ1v) is 43.6. The molecule has 13 nitrogen and oxygen atoms in total. The fourth-order valence-corrected chi connectivity index (χ4v) is 19.9. The third kappa shape index (κ3) is 32.1. The quantitative estimate of drug-likeness (QED) is 0.0308. The van der Waals surface area contributed by atoms with Crippen molar-refractivity contribution in [2.45, 2.75) is 369 Å². The highest BCUT2D eigenvalue weighted by Crippen LogP contribution is 2.57. The molecule has 3 aromatic rings. The summed E-state index contributed by atoms with van der Waals surface area (Å²) in [5, 5.41) is 0. The minimum atomic E-state index is -5.39. The van der Waals surface area contributed by atoms with E-state index >= 15 is 0 Å². The van der Waals surface area contributed by atoms with E-state index in [0.29, 0.717) is 0 Å². The van der Waals surface area contributed by atoms with Crippen LogP contribution in [-0.2, 0) is 37.9 Å². The third-order valence-electron chi connectivity index (χ3n) is 18.5. The van der Waals surface area contributed by atoms with Gasteiger partial charge in [-0.3, -0.25) is 13.7 Å². The van der Waals surface area contributed by atoms with Crippen molar-refractivity contribution in [3.05, 3.63) is 37.2 Å². The van der Waals surface area contributed by atoms with Gasteiger partial charge in [0.2, 0.25) is 0 Å². The smallest absolute Gasteiger partial charge is 0.363 e. The van der Waals surface area contributed by atoms with Crippen molar-refractivity contribution >= 4 is 46.4 Å². The standard InChI is InChI=1S/3C23H44N2OP.H3O4P/c3*1-3-5-6-7-8-9-10-11-12-13-14-15-16-17-18-19-20-24-21-22-25-23(24)27(25,26)4-2;1-5(2,3)4/h3*21-22H,3-20H2,1-2H3;(H3,1,2,3,4)/q3*+1;/p-3. The van der Waals surface area contributed by atoms with Crippen molar-refractivity contribution in [1.82, 2.24) is 13.0 Å². The predicted molar refractivity (Wildman–Crippen MR) is 360 cm³/mol. The number of fused-ring (bicyclic) bond motifs is 3. The van der Waals surface area contributed by atoms with Crippen LogP contribution < -0.4 is 45.1 Å². The van der Waals surface area contributed by atoms with Gasteiger partial charge >= 0.3 is 38.6 Å². The minimum Gasteiger partial charge on any atom is -0.822 e. The first kappa shape index (κ1) is 78.7. The van der Waals surface area contributed by atoms with Crippen molar-refractivity contribution < 1.29 is 46.6 Å². The Morgan fingerprint density at radius 2 is 0.430 bits per heavy atom. The fourth-order valence-electron chi connectivity index (χ4n) is 12.8. The lowest BCUT2D eigenvalue weighted by atomic mass is 10.0. The summed E-state index contributed by atoms with van der Waals surface area (Å²) in [4.78, 5) is 25.6. The van der Waals surface area contributed by atoms with Gasteiger partial charge in [-0.2, -0.15) is 20.8 Å². The Bertz CT molecular complexity index is 2110. The summed E-state index contributed by atoms with van der Waals surface area (Å²) in [7, 11) is -11.6. The first-order chi connectivity index (χ1) is 41.7. The monoisotopic (exact) mass is 1280 g/mol. The maximum atomic E-state index is 12.4. The molecular weight excluding hydrogens is 1150 g/mol. The number of hydrogen-bond donors (Lipinski definition) is 0. The van der Waals surface area contributed by atoms with Crippen molar-refractivity contribution in [1.29, 1.82) is 0 Å². The summed E-state index contributed by atoms with van der Waals surface area (Å²) >= 11 is 0. The van der Waals surface area contributed by atoms with E-state index in [0.717, 1.165) is 54.8 Å². The summed E-state index contributed by atoms with van der Waals surface area (Å²) in [6, 6.07) is 0. The lowest BCUT2D eigenvalue weighted by molar-refractivity contribution is -0.677. The number of rotatable bonds is 54. The lowest BCUT2D eigenvalue weighted by Crippen LogP contribution is -2.41. The van der Waals surface area contributed by atoms with E-state index in [2.05, 4.69) is 53.1 Å². The van der Waals surface area contributed by atoms with Crippen LogP contribution in [0.25, 0.3) is 0 Å². The molecule has 0 saturated carbocycles. The fraction of sp³-hybridized carbons (Fsp3) is 0.870. The zero-order valence-electron chi connectivity index (χ0n) is 56.5. The van der Waals surface area contributed by atoms with Crippen LogP contribution in [0.3, 0.4) is 0 Å². The van der Waals surface area contributed by atoms with Crippen molar-refractivity contribution in [3.63, 3.8) is 0 Å². The van der Waals surface area contributed by atoms with Gasteiger partial charge in [-0.1, -0.05) is 311 Å². The molecule has 0 aromatic carbocycles. The van der Waals surface area contributed by atoms with E-state index in [-0.39, 0.29) is 0 Å². The molecule has 0 amide bonds. The topological polar surface area (TPSA) is 164 Å². The van der Waals surface area contributed by atoms with Crippen molar-refractivity contribution in [2.75, 3.05) is 18.5 Å². The molecule has 17 heteroatoms. The highest BCUT2D eigenvalue weighted by atomic mass is 31.2. The third-order valence-corrected chi connectivity index (χ3v) is 26.8. The molecule has 0 N–H and O–H groups in total. The van der Waals surface area contributed by atoms with Gasteiger partial charge in [0.15, 0.2) is 0 Å². The van der Waals surface area contributed by atoms with E-state index in [9.17, 15) is 13.7 Å². The number of nitrogens with zero attached hydrogens (tertiary/aromatic N) is 6. The van der Waals surface area contributed by atoms with Gasteiger partial charge in [-0.25, -0.2) is 13.7 Å². The average molecular weight is 1280 g/mol. The molecule has 3 aliphatic rings. The van der Waals surface area contributed by atoms with Gasteiger partial charge in [0, 0.05) is 18.5 Å². The Labute approximate surface area is 528 Å². The number of aryl methyl sites for hydroxylation is 3. The molecule has 3 aromatic heterocycles. The number of hydrogen-bond acceptors (Lipinski definition) is 7. The summed E-state index contributed by atoms with van der Waals surface area (Å²) in [6.45, 7) is 16.1. The van der Waals surface area contributed by atoms with Crippen LogP contribution in [0.4, 0.5) is 0 Å². The Kier molecular flexibility index (Phi) is 43.3. The molecular formula is C69H132N6O7P4. The second-order valence-electron chi connectivity index (χ2n) is 25.8. The molecule has 0 fully saturated rings. The summed E-state index contributed by atoms with van der Waals surface area (Å²) in [6.07, 6.45) is 82.3. The zero-order chi connectivity index (χ0) is 62.6. The number of aromatic nitrogens is 6. The Balaban J connectivity index is 0.000000324. The lowest BCUT2D eigenvalue weighted by Gasteiger charge is -2.36. The average Bonchev–Trinajstić information content (AvgIpc) is 1.61. The molecule has 500 valence electrons. The molecule has 3 aliphatic heterocycles. The molecule has 0 spiro atoms. The number of unbranched alkanes of at least 4 members (excludes halogenated alkanes) is 45. The number of phosphoric acid groups is 1. The molecule has 0 radical (unpaired) electrons. The van der Waals surface area contributed by atoms with Crippen LogP contribution in [0, 0.1) is 0 Å². The van der Waals surface area contributed by atoms with Crippen LogP contribution in [0.5, 0.6) is 0 Å². The molecule has 6 rings (SSSR count). The normalized spacial score (nSPS) is 17.6. The second-order valence-corrected chi connectivity index (χ2v) is 35.3. The largest absolute Gasteiger partial charge is 0.822 e. The van der Waals surface area contributed by atoms with E-state index < -0.39 is 29.7 Å². The molecule has 86 heavy (non-hydrogen) atoms. The molecule has 0 bridgehead atoms. The Morgan fingerprint density at radius 1 is 0.291 bits per heavy atom. The van der Waals surface area contributed by atoms with Gasteiger partial charge in [0.25, 0.3) is 0 Å². The predicted octanol–water partition coefficient (Wildman–Crippen LogP) is 17.6. The molecule has 0 saturated heterocycles. The molecule has 0 aliphatic carbocycles. The van der Waals surface area contributed by atoms with E-state index in [4.69, 9.17) is 19.2 Å². The van der Waals surface area contributed by atoms with Crippen LogP contribution in [0.15, 0.2) is 37.2 Å². The summed E-state index contributed by atoms with van der Waals surface area (Å²) in [5.74, 6) is 0. The molecule has 3 unspecified atom stereocenters. The second kappa shape index (κ2) is 47.3. The minimum absolute atomic E-state index is 0.780. The van der Waals surface area contributed by atoms with Gasteiger partial charge in [-0.15, -0.1) is 0 Å². The van der Waals surface area contributed by atoms with Crippen LogP contribution in [0.1, 0.15) is 350 Å². The Hall–Kier alpha value is -1.57. The van der Waals surface area contributed by atoms with Crippen LogP contribution in [-0.4, -0.2) is 31.5 Å². The van der Waals surface area contributed by atoms with Crippen LogP contribution in [0.2, 0.25) is 0 Å². The zero-order valence-corrected chi connectivity index (χ0v) is 60.1. The summed E-state index contributed by atoms with van der Waals surface area (Å²) in [5.41, 5.74) is 3.31. The van der Waals surface area contributed by atoms with Gasteiger partial charge in [-0.05, 0) is 38.5 Å². The van der Waals surface area contributed by atoms with E-state index in [1.165, 1.54) is 308 Å². The van der Waals surface area contributed by atoms with Crippen molar-refractivity contribution in [3.8, 4) is 0 Å². The highest BCUT2D eigenvalue weighted by molar-refractivity contribution is 7.77. The molecule has 6 heterocycles. The maximum Gasteiger partial charge on any atom is 0.363 e. The van der Waals surface area contributed by atoms with Crippen LogP contribution >= 0.6 is 29.7 Å². The van der Waals surface area contributed by atoms with E-state index in [1.807, 2.05) is 52.4 Å². The maximum absolute atomic E-state index is 12.4. The van der Waals surface area contributed by atoms with Gasteiger partial charge in [0.1, 0.15) is 37.2 Å². The number of imidazole rings is 3. The van der Waals surface area contributed by atoms with Gasteiger partial charge < -0.3 is 19.2 Å². The van der Waals surface area contributed by atoms with Crippen molar-refractivity contribution in [2.24, 2.45) is 0 Å². The Morgan fingerprint density at radius 3 is 0.558 bits per heavy atom.